The van der Waals surface area contributed by atoms with Crippen molar-refractivity contribution in [2.75, 3.05) is 6.54 Å². The fourth-order valence-electron chi connectivity index (χ4n) is 1.48. The normalized spacial score (nSPS) is 10.2. The van der Waals surface area contributed by atoms with E-state index in [1.807, 2.05) is 13.8 Å². The molecule has 0 saturated heterocycles. The lowest BCUT2D eigenvalue weighted by molar-refractivity contribution is 0.825. The summed E-state index contributed by atoms with van der Waals surface area (Å²) in [5.74, 6) is 0.593. The molecule has 0 fully saturated rings. The maximum absolute atomic E-state index is 4.04. The highest BCUT2D eigenvalue weighted by atomic mass is 14.9. The summed E-state index contributed by atoms with van der Waals surface area (Å²) in [5, 5.41) is 3.31. The van der Waals surface area contributed by atoms with Crippen LogP contribution in [0.5, 0.6) is 0 Å². The van der Waals surface area contributed by atoms with Gasteiger partial charge < -0.3 is 5.32 Å². The standard InChI is InChI=1S/C16H23N.C2H6/c1-5-12-17-14(4)16-10-8-15(9-11-16)7-6-13(2)3;1-2/h6-11,13,17H,4-5,12H2,1-3H3;1-2H3/b7-6+;. The minimum Gasteiger partial charge on any atom is -0.385 e. The van der Waals surface area contributed by atoms with Gasteiger partial charge in [0.1, 0.15) is 0 Å². The monoisotopic (exact) mass is 259 g/mol. The summed E-state index contributed by atoms with van der Waals surface area (Å²) in [6.07, 6.45) is 5.49. The second-order valence-electron chi connectivity index (χ2n) is 4.63. The third kappa shape index (κ3) is 7.50. The molecule has 1 nitrogen and oxygen atoms in total. The van der Waals surface area contributed by atoms with Crippen LogP contribution in [0.3, 0.4) is 0 Å². The number of rotatable bonds is 6. The van der Waals surface area contributed by atoms with Crippen molar-refractivity contribution in [1.82, 2.24) is 5.32 Å². The number of hydrogen-bond acceptors (Lipinski definition) is 1. The van der Waals surface area contributed by atoms with E-state index in [0.717, 1.165) is 18.7 Å². The van der Waals surface area contributed by atoms with Gasteiger partial charge in [0.05, 0.1) is 0 Å². The fraction of sp³-hybridized carbons (Fsp3) is 0.444. The SMILES string of the molecule is C=C(NCCC)c1ccc(/C=C/C(C)C)cc1.CC. The zero-order chi connectivity index (χ0) is 14.7. The van der Waals surface area contributed by atoms with E-state index in [1.165, 1.54) is 11.1 Å². The smallest absolute Gasteiger partial charge is 0.0340 e. The van der Waals surface area contributed by atoms with Crippen LogP contribution >= 0.6 is 0 Å². The molecule has 0 radical (unpaired) electrons. The Hall–Kier alpha value is -1.50. The number of allylic oxidation sites excluding steroid dienone is 1. The highest BCUT2D eigenvalue weighted by Gasteiger charge is 1.97. The molecule has 0 aliphatic rings. The van der Waals surface area contributed by atoms with Gasteiger partial charge in [-0.05, 0) is 23.5 Å². The molecular formula is C18H29N. The highest BCUT2D eigenvalue weighted by Crippen LogP contribution is 2.12. The second-order valence-corrected chi connectivity index (χ2v) is 4.63. The topological polar surface area (TPSA) is 12.0 Å². The van der Waals surface area contributed by atoms with Gasteiger partial charge in [-0.25, -0.2) is 0 Å². The lowest BCUT2D eigenvalue weighted by Crippen LogP contribution is -2.11. The molecule has 1 N–H and O–H groups in total. The average molecular weight is 259 g/mol. The van der Waals surface area contributed by atoms with Crippen LogP contribution in [0.2, 0.25) is 0 Å². The minimum atomic E-state index is 0.593. The summed E-state index contributed by atoms with van der Waals surface area (Å²) >= 11 is 0. The van der Waals surface area contributed by atoms with Gasteiger partial charge in [0.25, 0.3) is 0 Å². The van der Waals surface area contributed by atoms with Crippen LogP contribution < -0.4 is 5.32 Å². The van der Waals surface area contributed by atoms with Crippen molar-refractivity contribution in [1.29, 1.82) is 0 Å². The van der Waals surface area contributed by atoms with E-state index >= 15 is 0 Å². The van der Waals surface area contributed by atoms with E-state index in [1.54, 1.807) is 0 Å². The first kappa shape index (κ1) is 17.5. The summed E-state index contributed by atoms with van der Waals surface area (Å²) in [6.45, 7) is 15.5. The van der Waals surface area contributed by atoms with Crippen molar-refractivity contribution in [2.24, 2.45) is 5.92 Å². The Morgan fingerprint density at radius 3 is 2.26 bits per heavy atom. The van der Waals surface area contributed by atoms with E-state index in [9.17, 15) is 0 Å². The van der Waals surface area contributed by atoms with Gasteiger partial charge in [0.2, 0.25) is 0 Å². The van der Waals surface area contributed by atoms with E-state index in [4.69, 9.17) is 0 Å². The molecule has 0 amide bonds. The average Bonchev–Trinajstić information content (AvgIpc) is 2.45. The van der Waals surface area contributed by atoms with Gasteiger partial charge in [0, 0.05) is 12.2 Å². The maximum Gasteiger partial charge on any atom is 0.0340 e. The summed E-state index contributed by atoms with van der Waals surface area (Å²) in [6, 6.07) is 8.50. The molecule has 0 atom stereocenters. The Labute approximate surface area is 119 Å². The minimum absolute atomic E-state index is 0.593. The highest BCUT2D eigenvalue weighted by molar-refractivity contribution is 5.63. The van der Waals surface area contributed by atoms with Gasteiger partial charge in [-0.1, -0.05) is 77.6 Å². The molecular weight excluding hydrogens is 230 g/mol. The van der Waals surface area contributed by atoms with Crippen molar-refractivity contribution in [2.45, 2.75) is 41.0 Å². The molecule has 106 valence electrons. The summed E-state index contributed by atoms with van der Waals surface area (Å²) in [7, 11) is 0. The maximum atomic E-state index is 4.04. The molecule has 0 aliphatic heterocycles. The largest absolute Gasteiger partial charge is 0.385 e. The first-order valence-electron chi connectivity index (χ1n) is 7.35. The molecule has 0 aromatic heterocycles. The Bertz CT molecular complexity index is 371. The molecule has 1 aromatic rings. The quantitative estimate of drug-likeness (QED) is 0.726. The van der Waals surface area contributed by atoms with Crippen molar-refractivity contribution >= 4 is 11.8 Å². The third-order valence-corrected chi connectivity index (χ3v) is 2.52. The second kappa shape index (κ2) is 10.4. The molecule has 19 heavy (non-hydrogen) atoms. The Morgan fingerprint density at radius 2 is 1.79 bits per heavy atom. The van der Waals surface area contributed by atoms with Gasteiger partial charge >= 0.3 is 0 Å². The van der Waals surface area contributed by atoms with E-state index in [0.29, 0.717) is 5.92 Å². The molecule has 0 spiro atoms. The Morgan fingerprint density at radius 1 is 1.21 bits per heavy atom. The van der Waals surface area contributed by atoms with E-state index < -0.39 is 0 Å². The van der Waals surface area contributed by atoms with Gasteiger partial charge in [0.15, 0.2) is 0 Å². The van der Waals surface area contributed by atoms with Crippen molar-refractivity contribution in [3.63, 3.8) is 0 Å². The number of nitrogens with one attached hydrogen (secondary N) is 1. The van der Waals surface area contributed by atoms with E-state index in [-0.39, 0.29) is 0 Å². The third-order valence-electron chi connectivity index (χ3n) is 2.52. The molecule has 0 aliphatic carbocycles. The first-order valence-corrected chi connectivity index (χ1v) is 7.35. The Balaban J connectivity index is 0.00000154. The lowest BCUT2D eigenvalue weighted by Gasteiger charge is -2.08. The first-order chi connectivity index (χ1) is 9.13. The summed E-state index contributed by atoms with van der Waals surface area (Å²) in [4.78, 5) is 0. The van der Waals surface area contributed by atoms with Gasteiger partial charge in [-0.3, -0.25) is 0 Å². The van der Waals surface area contributed by atoms with Gasteiger partial charge in [-0.15, -0.1) is 0 Å². The lowest BCUT2D eigenvalue weighted by atomic mass is 10.1. The van der Waals surface area contributed by atoms with Crippen LogP contribution in [0.1, 0.15) is 52.2 Å². The van der Waals surface area contributed by atoms with Crippen molar-refractivity contribution in [3.05, 3.63) is 48.0 Å². The zero-order valence-corrected chi connectivity index (χ0v) is 13.2. The predicted octanol–water partition coefficient (Wildman–Crippen LogP) is 5.35. The number of hydrogen-bond donors (Lipinski definition) is 1. The van der Waals surface area contributed by atoms with Crippen LogP contribution in [0, 0.1) is 5.92 Å². The fourth-order valence-corrected chi connectivity index (χ4v) is 1.48. The van der Waals surface area contributed by atoms with Crippen molar-refractivity contribution < 1.29 is 0 Å². The summed E-state index contributed by atoms with van der Waals surface area (Å²) in [5.41, 5.74) is 3.41. The molecule has 0 bridgehead atoms. The predicted molar refractivity (Wildman–Crippen MR) is 89.0 cm³/mol. The van der Waals surface area contributed by atoms with Crippen LogP contribution in [-0.2, 0) is 0 Å². The molecule has 0 saturated carbocycles. The van der Waals surface area contributed by atoms with Crippen molar-refractivity contribution in [3.8, 4) is 0 Å². The number of benzene rings is 1. The van der Waals surface area contributed by atoms with Crippen LogP contribution in [0.25, 0.3) is 11.8 Å². The molecule has 1 rings (SSSR count). The zero-order valence-electron chi connectivity index (χ0n) is 13.2. The molecule has 0 heterocycles. The van der Waals surface area contributed by atoms with Crippen LogP contribution in [0.15, 0.2) is 36.9 Å². The van der Waals surface area contributed by atoms with Crippen LogP contribution in [0.4, 0.5) is 0 Å². The molecule has 1 aromatic carbocycles. The summed E-state index contributed by atoms with van der Waals surface area (Å²) < 4.78 is 0. The van der Waals surface area contributed by atoms with Gasteiger partial charge in [-0.2, -0.15) is 0 Å². The van der Waals surface area contributed by atoms with E-state index in [2.05, 4.69) is 69.1 Å². The van der Waals surface area contributed by atoms with Crippen LogP contribution in [-0.4, -0.2) is 6.54 Å². The molecule has 0 unspecified atom stereocenters. The Kier molecular flexibility index (Phi) is 9.60. The molecule has 1 heteroatoms.